The SMILES string of the molecule is COS(=O)CC[Si](C)(C)C. The summed E-state index contributed by atoms with van der Waals surface area (Å²) in [5.41, 5.74) is 0. The van der Waals surface area contributed by atoms with Crippen molar-refractivity contribution in [3.8, 4) is 0 Å². The molecule has 0 saturated heterocycles. The first-order valence-corrected chi connectivity index (χ1v) is 8.33. The Morgan fingerprint density at radius 3 is 2.20 bits per heavy atom. The van der Waals surface area contributed by atoms with Crippen molar-refractivity contribution in [1.29, 1.82) is 0 Å². The molecular formula is C6H16O2SSi. The van der Waals surface area contributed by atoms with Crippen LogP contribution in [0.2, 0.25) is 25.7 Å². The molecule has 2 nitrogen and oxygen atoms in total. The Labute approximate surface area is 66.6 Å². The van der Waals surface area contributed by atoms with E-state index < -0.39 is 19.2 Å². The fraction of sp³-hybridized carbons (Fsp3) is 1.00. The molecule has 0 aromatic rings. The minimum atomic E-state index is -1.04. The molecule has 0 amide bonds. The lowest BCUT2D eigenvalue weighted by atomic mass is 11.0. The standard InChI is InChI=1S/C6H16O2SSi/c1-8-9(7)5-6-10(2,3)4/h5-6H2,1-4H3. The van der Waals surface area contributed by atoms with Gasteiger partial charge in [-0.15, -0.1) is 0 Å². The highest BCUT2D eigenvalue weighted by atomic mass is 32.2. The number of hydrogen-bond acceptors (Lipinski definition) is 2. The molecular weight excluding hydrogens is 164 g/mol. The van der Waals surface area contributed by atoms with Crippen molar-refractivity contribution in [2.45, 2.75) is 25.7 Å². The monoisotopic (exact) mass is 180 g/mol. The molecule has 0 aromatic carbocycles. The van der Waals surface area contributed by atoms with Gasteiger partial charge in [0.15, 0.2) is 11.1 Å². The second-order valence-electron chi connectivity index (χ2n) is 3.49. The Bertz CT molecular complexity index is 119. The molecule has 0 saturated carbocycles. The van der Waals surface area contributed by atoms with Crippen LogP contribution in [0.15, 0.2) is 0 Å². The maximum atomic E-state index is 10.8. The molecule has 0 fully saturated rings. The Kier molecular flexibility index (Phi) is 4.40. The predicted molar refractivity (Wildman–Crippen MR) is 48.2 cm³/mol. The second kappa shape index (κ2) is 4.26. The van der Waals surface area contributed by atoms with Gasteiger partial charge < -0.3 is 0 Å². The maximum Gasteiger partial charge on any atom is 0.154 e. The van der Waals surface area contributed by atoms with Crippen LogP contribution < -0.4 is 0 Å². The molecule has 0 N–H and O–H groups in total. The molecule has 0 aliphatic carbocycles. The summed E-state index contributed by atoms with van der Waals surface area (Å²) in [4.78, 5) is 0. The van der Waals surface area contributed by atoms with Crippen molar-refractivity contribution in [1.82, 2.24) is 0 Å². The molecule has 0 bridgehead atoms. The van der Waals surface area contributed by atoms with Crippen molar-refractivity contribution in [2.24, 2.45) is 0 Å². The quantitative estimate of drug-likeness (QED) is 0.615. The van der Waals surface area contributed by atoms with E-state index in [0.717, 1.165) is 6.04 Å². The average molecular weight is 180 g/mol. The third-order valence-electron chi connectivity index (χ3n) is 1.20. The van der Waals surface area contributed by atoms with E-state index in [1.165, 1.54) is 7.11 Å². The third-order valence-corrected chi connectivity index (χ3v) is 4.23. The van der Waals surface area contributed by atoms with Gasteiger partial charge in [-0.2, -0.15) is 0 Å². The van der Waals surface area contributed by atoms with Gasteiger partial charge in [0.2, 0.25) is 0 Å². The summed E-state index contributed by atoms with van der Waals surface area (Å²) in [6.45, 7) is 6.79. The zero-order valence-electron chi connectivity index (χ0n) is 7.14. The van der Waals surface area contributed by atoms with Gasteiger partial charge in [-0.05, 0) is 6.04 Å². The van der Waals surface area contributed by atoms with Crippen molar-refractivity contribution >= 4 is 19.2 Å². The van der Waals surface area contributed by atoms with Gasteiger partial charge >= 0.3 is 0 Å². The van der Waals surface area contributed by atoms with Crippen LogP contribution in [0.1, 0.15) is 0 Å². The van der Waals surface area contributed by atoms with E-state index in [1.54, 1.807) is 0 Å². The summed E-state index contributed by atoms with van der Waals surface area (Å²) in [5.74, 6) is 0.701. The van der Waals surface area contributed by atoms with Crippen molar-refractivity contribution in [3.05, 3.63) is 0 Å². The van der Waals surface area contributed by atoms with E-state index in [-0.39, 0.29) is 0 Å². The fourth-order valence-electron chi connectivity index (χ4n) is 0.473. The molecule has 0 aliphatic heterocycles. The molecule has 0 radical (unpaired) electrons. The van der Waals surface area contributed by atoms with Gasteiger partial charge in [0.25, 0.3) is 0 Å². The second-order valence-corrected chi connectivity index (χ2v) is 10.5. The van der Waals surface area contributed by atoms with Crippen molar-refractivity contribution in [2.75, 3.05) is 12.9 Å². The molecule has 0 aromatic heterocycles. The molecule has 1 atom stereocenters. The van der Waals surface area contributed by atoms with Crippen LogP contribution in [0.5, 0.6) is 0 Å². The molecule has 4 heteroatoms. The molecule has 0 spiro atoms. The molecule has 1 unspecified atom stereocenters. The summed E-state index contributed by atoms with van der Waals surface area (Å²) < 4.78 is 15.4. The van der Waals surface area contributed by atoms with E-state index in [4.69, 9.17) is 0 Å². The minimum Gasteiger partial charge on any atom is -0.294 e. The van der Waals surface area contributed by atoms with Gasteiger partial charge in [0.1, 0.15) is 0 Å². The van der Waals surface area contributed by atoms with E-state index in [0.29, 0.717) is 5.75 Å². The number of rotatable bonds is 4. The van der Waals surface area contributed by atoms with Crippen LogP contribution in [0.3, 0.4) is 0 Å². The number of hydrogen-bond donors (Lipinski definition) is 0. The Morgan fingerprint density at radius 1 is 1.40 bits per heavy atom. The molecule has 0 aliphatic rings. The summed E-state index contributed by atoms with van der Waals surface area (Å²) in [7, 11) is 0.477. The lowest BCUT2D eigenvalue weighted by Gasteiger charge is -2.13. The summed E-state index contributed by atoms with van der Waals surface area (Å²) in [6.07, 6.45) is 0. The zero-order valence-corrected chi connectivity index (χ0v) is 8.96. The Balaban J connectivity index is 3.46. The van der Waals surface area contributed by atoms with Gasteiger partial charge in [0, 0.05) is 13.8 Å². The van der Waals surface area contributed by atoms with Gasteiger partial charge in [-0.25, -0.2) is 4.21 Å². The van der Waals surface area contributed by atoms with Crippen LogP contribution >= 0.6 is 0 Å². The first kappa shape index (κ1) is 10.3. The van der Waals surface area contributed by atoms with Gasteiger partial charge in [-0.1, -0.05) is 19.6 Å². The first-order valence-electron chi connectivity index (χ1n) is 3.38. The molecule has 10 heavy (non-hydrogen) atoms. The largest absolute Gasteiger partial charge is 0.294 e. The summed E-state index contributed by atoms with van der Waals surface area (Å²) >= 11 is -1.04. The first-order chi connectivity index (χ1) is 4.45. The van der Waals surface area contributed by atoms with Crippen LogP contribution in [0, 0.1) is 0 Å². The van der Waals surface area contributed by atoms with Crippen molar-refractivity contribution in [3.63, 3.8) is 0 Å². The minimum absolute atomic E-state index is 0.701. The summed E-state index contributed by atoms with van der Waals surface area (Å²) in [5, 5.41) is 0. The predicted octanol–water partition coefficient (Wildman–Crippen LogP) is 1.63. The third kappa shape index (κ3) is 6.45. The van der Waals surface area contributed by atoms with E-state index in [2.05, 4.69) is 23.8 Å². The highest BCUT2D eigenvalue weighted by Gasteiger charge is 2.13. The fourth-order valence-corrected chi connectivity index (χ4v) is 3.76. The summed E-state index contributed by atoms with van der Waals surface area (Å²) in [6, 6.07) is 1.08. The molecule has 0 heterocycles. The molecule has 62 valence electrons. The smallest absolute Gasteiger partial charge is 0.154 e. The van der Waals surface area contributed by atoms with Crippen LogP contribution in [0.4, 0.5) is 0 Å². The van der Waals surface area contributed by atoms with Crippen LogP contribution in [-0.2, 0) is 15.3 Å². The van der Waals surface area contributed by atoms with Gasteiger partial charge in [0.05, 0.1) is 7.11 Å². The van der Waals surface area contributed by atoms with E-state index >= 15 is 0 Å². The van der Waals surface area contributed by atoms with Gasteiger partial charge in [-0.3, -0.25) is 4.18 Å². The van der Waals surface area contributed by atoms with E-state index in [9.17, 15) is 4.21 Å². The van der Waals surface area contributed by atoms with E-state index in [1.807, 2.05) is 0 Å². The average Bonchev–Trinajstić information content (AvgIpc) is 1.81. The van der Waals surface area contributed by atoms with Crippen molar-refractivity contribution < 1.29 is 8.39 Å². The highest BCUT2D eigenvalue weighted by molar-refractivity contribution is 7.80. The van der Waals surface area contributed by atoms with Crippen LogP contribution in [0.25, 0.3) is 0 Å². The highest BCUT2D eigenvalue weighted by Crippen LogP contribution is 2.08. The zero-order chi connectivity index (χ0) is 8.20. The topological polar surface area (TPSA) is 26.3 Å². The Morgan fingerprint density at radius 2 is 1.90 bits per heavy atom. The van der Waals surface area contributed by atoms with Crippen LogP contribution in [-0.4, -0.2) is 25.1 Å². The Hall–Kier alpha value is 0.327. The lowest BCUT2D eigenvalue weighted by Crippen LogP contribution is -2.22. The lowest BCUT2D eigenvalue weighted by molar-refractivity contribution is 0.446. The normalized spacial score (nSPS) is 15.2. The maximum absolute atomic E-state index is 10.8. The molecule has 0 rings (SSSR count).